The van der Waals surface area contributed by atoms with Crippen molar-refractivity contribution in [3.63, 3.8) is 0 Å². The molecule has 3 heteroatoms. The number of esters is 1. The van der Waals surface area contributed by atoms with Crippen LogP contribution in [0.4, 0.5) is 0 Å². The van der Waals surface area contributed by atoms with Gasteiger partial charge in [-0.1, -0.05) is 36.4 Å². The van der Waals surface area contributed by atoms with Crippen LogP contribution in [0.15, 0.2) is 42.5 Å². The minimum Gasteiger partial charge on any atom is -0.496 e. The fourth-order valence-corrected chi connectivity index (χ4v) is 6.05. The highest BCUT2D eigenvalue weighted by atomic mass is 16.5. The third-order valence-corrected chi connectivity index (χ3v) is 7.81. The Labute approximate surface area is 179 Å². The second-order valence-corrected chi connectivity index (χ2v) is 9.76. The van der Waals surface area contributed by atoms with Crippen LogP contribution in [0.5, 0.6) is 5.75 Å². The van der Waals surface area contributed by atoms with Crippen LogP contribution in [-0.4, -0.2) is 19.7 Å². The summed E-state index contributed by atoms with van der Waals surface area (Å²) in [4.78, 5) is 11.6. The van der Waals surface area contributed by atoms with Crippen LogP contribution >= 0.6 is 0 Å². The largest absolute Gasteiger partial charge is 0.496 e. The lowest BCUT2D eigenvalue weighted by Crippen LogP contribution is -2.17. The summed E-state index contributed by atoms with van der Waals surface area (Å²) in [5.41, 5.74) is 6.03. The van der Waals surface area contributed by atoms with E-state index in [0.717, 1.165) is 30.9 Å². The lowest BCUT2D eigenvalue weighted by atomic mass is 9.79. The molecule has 1 spiro atoms. The predicted molar refractivity (Wildman–Crippen MR) is 118 cm³/mol. The number of rotatable bonds is 5. The first-order chi connectivity index (χ1) is 14.6. The average Bonchev–Trinajstić information content (AvgIpc) is 3.37. The summed E-state index contributed by atoms with van der Waals surface area (Å²) in [5.74, 6) is 2.36. The van der Waals surface area contributed by atoms with Gasteiger partial charge in [-0.25, -0.2) is 0 Å². The van der Waals surface area contributed by atoms with E-state index in [4.69, 9.17) is 9.47 Å². The predicted octanol–water partition coefficient (Wildman–Crippen LogP) is 5.63. The maximum Gasteiger partial charge on any atom is 0.306 e. The van der Waals surface area contributed by atoms with E-state index in [9.17, 15) is 4.79 Å². The van der Waals surface area contributed by atoms with Crippen LogP contribution in [0.1, 0.15) is 66.7 Å². The van der Waals surface area contributed by atoms with Crippen molar-refractivity contribution in [2.75, 3.05) is 13.7 Å². The van der Waals surface area contributed by atoms with Crippen LogP contribution in [0, 0.1) is 11.3 Å². The number of fused-ring (bicyclic) bond motifs is 1. The number of ether oxygens (including phenoxy) is 2. The van der Waals surface area contributed by atoms with E-state index < -0.39 is 0 Å². The number of cyclic esters (lactones) is 1. The molecule has 1 aliphatic heterocycles. The highest BCUT2D eigenvalue weighted by molar-refractivity contribution is 5.72. The van der Waals surface area contributed by atoms with Gasteiger partial charge in [0.25, 0.3) is 0 Å². The molecule has 0 aromatic heterocycles. The summed E-state index contributed by atoms with van der Waals surface area (Å²) in [7, 11) is 1.76. The maximum absolute atomic E-state index is 11.6. The highest BCUT2D eigenvalue weighted by Crippen LogP contribution is 2.51. The first-order valence-electron chi connectivity index (χ1n) is 11.5. The van der Waals surface area contributed by atoms with Crippen molar-refractivity contribution in [3.05, 3.63) is 64.7 Å². The van der Waals surface area contributed by atoms with Gasteiger partial charge in [-0.05, 0) is 91.5 Å². The van der Waals surface area contributed by atoms with Crippen LogP contribution in [0.3, 0.4) is 0 Å². The van der Waals surface area contributed by atoms with Gasteiger partial charge >= 0.3 is 5.97 Å². The molecule has 2 fully saturated rings. The molecule has 3 aliphatic rings. The van der Waals surface area contributed by atoms with Crippen LogP contribution in [-0.2, 0) is 28.8 Å². The number of methoxy groups -OCH3 is 1. The fraction of sp³-hybridized carbons (Fsp3) is 0.519. The lowest BCUT2D eigenvalue weighted by molar-refractivity contribution is -0.137. The Morgan fingerprint density at radius 1 is 1.13 bits per heavy atom. The summed E-state index contributed by atoms with van der Waals surface area (Å²) in [6.07, 6.45) is 10.0. The highest BCUT2D eigenvalue weighted by Gasteiger charge is 2.46. The fourth-order valence-electron chi connectivity index (χ4n) is 6.05. The molecule has 2 aromatic carbocycles. The molecule has 30 heavy (non-hydrogen) atoms. The topological polar surface area (TPSA) is 35.5 Å². The molecule has 1 saturated heterocycles. The molecule has 0 N–H and O–H groups in total. The van der Waals surface area contributed by atoms with Gasteiger partial charge in [-0.3, -0.25) is 4.79 Å². The molecule has 0 radical (unpaired) electrons. The quantitative estimate of drug-likeness (QED) is 0.606. The normalized spacial score (nSPS) is 27.8. The van der Waals surface area contributed by atoms with E-state index in [-0.39, 0.29) is 11.4 Å². The zero-order valence-electron chi connectivity index (χ0n) is 18.0. The number of aryl methyl sites for hydroxylation is 2. The SMILES string of the molecule is COc1ccccc1CC[C@@H]1CCc2cc([C@@H]3CC[C@]4(COC(=O)C4)C3)ccc2C1. The van der Waals surface area contributed by atoms with Gasteiger partial charge in [0, 0.05) is 5.41 Å². The molecule has 1 heterocycles. The second kappa shape index (κ2) is 8.09. The molecule has 0 unspecified atom stereocenters. The molecular formula is C27H32O3. The third-order valence-electron chi connectivity index (χ3n) is 7.81. The van der Waals surface area contributed by atoms with Gasteiger partial charge < -0.3 is 9.47 Å². The maximum atomic E-state index is 11.6. The number of hydrogen-bond donors (Lipinski definition) is 0. The Morgan fingerprint density at radius 3 is 2.87 bits per heavy atom. The van der Waals surface area contributed by atoms with E-state index in [1.54, 1.807) is 18.2 Å². The summed E-state index contributed by atoms with van der Waals surface area (Å²) in [6.45, 7) is 0.640. The van der Waals surface area contributed by atoms with Crippen molar-refractivity contribution < 1.29 is 14.3 Å². The summed E-state index contributed by atoms with van der Waals surface area (Å²) in [5, 5.41) is 0. The third kappa shape index (κ3) is 3.87. The van der Waals surface area contributed by atoms with Gasteiger partial charge in [-0.2, -0.15) is 0 Å². The Balaban J connectivity index is 1.22. The summed E-state index contributed by atoms with van der Waals surface area (Å²) in [6, 6.07) is 15.6. The van der Waals surface area contributed by atoms with Gasteiger partial charge in [0.05, 0.1) is 20.1 Å². The van der Waals surface area contributed by atoms with E-state index in [1.165, 1.54) is 43.2 Å². The van der Waals surface area contributed by atoms with Gasteiger partial charge in [0.15, 0.2) is 0 Å². The van der Waals surface area contributed by atoms with Crippen molar-refractivity contribution in [2.45, 2.75) is 63.7 Å². The smallest absolute Gasteiger partial charge is 0.306 e. The standard InChI is InChI=1S/C27H32O3/c1-29-25-5-3-2-4-20(25)8-6-19-7-9-22-15-23(11-10-21(22)14-19)24-12-13-27(16-24)17-26(28)30-18-27/h2-5,10-11,15,19,24H,6-9,12-14,16-18H2,1H3/t19-,24-,27+/m1/s1. The van der Waals surface area contributed by atoms with Crippen molar-refractivity contribution >= 4 is 5.97 Å². The van der Waals surface area contributed by atoms with Crippen LogP contribution in [0.25, 0.3) is 0 Å². The van der Waals surface area contributed by atoms with Crippen molar-refractivity contribution in [1.82, 2.24) is 0 Å². The first kappa shape index (κ1) is 19.7. The average molecular weight is 405 g/mol. The van der Waals surface area contributed by atoms with Crippen molar-refractivity contribution in [2.24, 2.45) is 11.3 Å². The lowest BCUT2D eigenvalue weighted by Gasteiger charge is -2.26. The Kier molecular flexibility index (Phi) is 5.30. The molecule has 0 bridgehead atoms. The van der Waals surface area contributed by atoms with Crippen molar-refractivity contribution in [3.8, 4) is 5.75 Å². The Morgan fingerprint density at radius 2 is 2.03 bits per heavy atom. The number of hydrogen-bond acceptors (Lipinski definition) is 3. The van der Waals surface area contributed by atoms with E-state index in [0.29, 0.717) is 18.9 Å². The number of benzene rings is 2. The number of carbonyl (C=O) groups excluding carboxylic acids is 1. The molecule has 2 aliphatic carbocycles. The zero-order chi connectivity index (χ0) is 20.6. The molecule has 2 aromatic rings. The molecule has 1 saturated carbocycles. The van der Waals surface area contributed by atoms with E-state index in [2.05, 4.69) is 36.4 Å². The van der Waals surface area contributed by atoms with Gasteiger partial charge in [0.1, 0.15) is 5.75 Å². The Bertz CT molecular complexity index is 933. The van der Waals surface area contributed by atoms with E-state index >= 15 is 0 Å². The first-order valence-corrected chi connectivity index (χ1v) is 11.5. The monoisotopic (exact) mass is 404 g/mol. The zero-order valence-corrected chi connectivity index (χ0v) is 18.0. The molecule has 3 atom stereocenters. The molecule has 5 rings (SSSR count). The van der Waals surface area contributed by atoms with Gasteiger partial charge in [-0.15, -0.1) is 0 Å². The summed E-state index contributed by atoms with van der Waals surface area (Å²) < 4.78 is 10.8. The summed E-state index contributed by atoms with van der Waals surface area (Å²) >= 11 is 0. The number of carbonyl (C=O) groups is 1. The minimum atomic E-state index is 0.000236. The van der Waals surface area contributed by atoms with E-state index in [1.807, 2.05) is 6.07 Å². The van der Waals surface area contributed by atoms with Crippen molar-refractivity contribution in [1.29, 1.82) is 0 Å². The van der Waals surface area contributed by atoms with Crippen LogP contribution < -0.4 is 4.74 Å². The minimum absolute atomic E-state index is 0.000236. The van der Waals surface area contributed by atoms with Gasteiger partial charge in [0.2, 0.25) is 0 Å². The number of para-hydroxylation sites is 1. The molecule has 3 nitrogen and oxygen atoms in total. The molecular weight excluding hydrogens is 372 g/mol. The molecule has 0 amide bonds. The second-order valence-electron chi connectivity index (χ2n) is 9.76. The molecule has 158 valence electrons. The van der Waals surface area contributed by atoms with Crippen LogP contribution in [0.2, 0.25) is 0 Å². The Hall–Kier alpha value is -2.29.